The van der Waals surface area contributed by atoms with Crippen LogP contribution in [0.5, 0.6) is 5.75 Å². The molecule has 0 spiro atoms. The SMILES string of the molecule is CC(=O)c1ccc(OCc2cc(C(=O)N3CCCCO3)no2)cc1. The molecule has 2 heterocycles. The van der Waals surface area contributed by atoms with Crippen molar-refractivity contribution in [1.29, 1.82) is 0 Å². The summed E-state index contributed by atoms with van der Waals surface area (Å²) in [4.78, 5) is 28.7. The second-order valence-electron chi connectivity index (χ2n) is 5.50. The van der Waals surface area contributed by atoms with Gasteiger partial charge in [0.1, 0.15) is 12.4 Å². The van der Waals surface area contributed by atoms with E-state index in [1.54, 1.807) is 30.3 Å². The second kappa shape index (κ2) is 7.27. The van der Waals surface area contributed by atoms with Gasteiger partial charge in [-0.3, -0.25) is 14.4 Å². The monoisotopic (exact) mass is 330 g/mol. The van der Waals surface area contributed by atoms with Gasteiger partial charge in [0.05, 0.1) is 6.61 Å². The van der Waals surface area contributed by atoms with E-state index in [1.165, 1.54) is 12.0 Å². The van der Waals surface area contributed by atoms with E-state index >= 15 is 0 Å². The highest BCUT2D eigenvalue weighted by Gasteiger charge is 2.22. The summed E-state index contributed by atoms with van der Waals surface area (Å²) >= 11 is 0. The zero-order valence-electron chi connectivity index (χ0n) is 13.4. The van der Waals surface area contributed by atoms with E-state index in [1.807, 2.05) is 0 Å². The molecule has 0 bridgehead atoms. The lowest BCUT2D eigenvalue weighted by Gasteiger charge is -2.24. The lowest BCUT2D eigenvalue weighted by atomic mass is 10.1. The van der Waals surface area contributed by atoms with Crippen molar-refractivity contribution in [2.24, 2.45) is 0 Å². The van der Waals surface area contributed by atoms with E-state index in [2.05, 4.69) is 5.16 Å². The van der Waals surface area contributed by atoms with Crippen molar-refractivity contribution in [1.82, 2.24) is 10.2 Å². The third kappa shape index (κ3) is 3.80. The topological polar surface area (TPSA) is 81.9 Å². The largest absolute Gasteiger partial charge is 0.486 e. The zero-order chi connectivity index (χ0) is 16.9. The lowest BCUT2D eigenvalue weighted by molar-refractivity contribution is -0.144. The number of carbonyl (C=O) groups excluding carboxylic acids is 2. The minimum absolute atomic E-state index is 0.000120. The highest BCUT2D eigenvalue weighted by Crippen LogP contribution is 2.16. The number of rotatable bonds is 5. The Bertz CT molecular complexity index is 717. The maximum absolute atomic E-state index is 12.2. The molecule has 1 saturated heterocycles. The summed E-state index contributed by atoms with van der Waals surface area (Å²) in [7, 11) is 0. The number of ether oxygens (including phenoxy) is 1. The molecule has 0 saturated carbocycles. The van der Waals surface area contributed by atoms with Crippen LogP contribution in [0, 0.1) is 0 Å². The zero-order valence-corrected chi connectivity index (χ0v) is 13.4. The lowest BCUT2D eigenvalue weighted by Crippen LogP contribution is -2.35. The molecule has 1 amide bonds. The number of amides is 1. The molecule has 1 aliphatic heterocycles. The average molecular weight is 330 g/mol. The first-order valence-electron chi connectivity index (χ1n) is 7.77. The van der Waals surface area contributed by atoms with Gasteiger partial charge in [-0.25, -0.2) is 5.06 Å². The van der Waals surface area contributed by atoms with Gasteiger partial charge in [0.2, 0.25) is 0 Å². The van der Waals surface area contributed by atoms with Gasteiger partial charge in [0.15, 0.2) is 17.2 Å². The first-order valence-corrected chi connectivity index (χ1v) is 7.77. The summed E-state index contributed by atoms with van der Waals surface area (Å²) in [6.07, 6.45) is 1.86. The fraction of sp³-hybridized carbons (Fsp3) is 0.353. The number of aromatic nitrogens is 1. The molecule has 0 radical (unpaired) electrons. The normalized spacial score (nSPS) is 14.5. The number of hydrogen-bond donors (Lipinski definition) is 0. The van der Waals surface area contributed by atoms with E-state index in [0.29, 0.717) is 30.2 Å². The predicted octanol–water partition coefficient (Wildman–Crippen LogP) is 2.62. The van der Waals surface area contributed by atoms with Crippen molar-refractivity contribution in [2.45, 2.75) is 26.4 Å². The number of nitrogens with zero attached hydrogens (tertiary/aromatic N) is 2. The van der Waals surface area contributed by atoms with Crippen LogP contribution in [0.3, 0.4) is 0 Å². The molecule has 7 nitrogen and oxygen atoms in total. The van der Waals surface area contributed by atoms with Crippen molar-refractivity contribution >= 4 is 11.7 Å². The van der Waals surface area contributed by atoms with E-state index in [0.717, 1.165) is 12.8 Å². The summed E-state index contributed by atoms with van der Waals surface area (Å²) in [5.74, 6) is 0.727. The number of benzene rings is 1. The van der Waals surface area contributed by atoms with Gasteiger partial charge in [-0.15, -0.1) is 0 Å². The summed E-state index contributed by atoms with van der Waals surface area (Å²) in [5.41, 5.74) is 0.818. The average Bonchev–Trinajstić information content (AvgIpc) is 3.09. The highest BCUT2D eigenvalue weighted by atomic mass is 16.7. The molecule has 1 aromatic carbocycles. The van der Waals surface area contributed by atoms with Gasteiger partial charge >= 0.3 is 0 Å². The van der Waals surface area contributed by atoms with Crippen molar-refractivity contribution in [3.63, 3.8) is 0 Å². The van der Waals surface area contributed by atoms with Crippen molar-refractivity contribution in [3.8, 4) is 5.75 Å². The molecular formula is C17H18N2O5. The number of ketones is 1. The molecule has 0 aliphatic carbocycles. The van der Waals surface area contributed by atoms with Crippen LogP contribution in [0.1, 0.15) is 46.4 Å². The van der Waals surface area contributed by atoms with E-state index in [4.69, 9.17) is 14.1 Å². The van der Waals surface area contributed by atoms with Crippen LogP contribution in [0.25, 0.3) is 0 Å². The minimum atomic E-state index is -0.310. The minimum Gasteiger partial charge on any atom is -0.486 e. The van der Waals surface area contributed by atoms with Crippen molar-refractivity contribution in [3.05, 3.63) is 47.3 Å². The molecule has 0 N–H and O–H groups in total. The summed E-state index contributed by atoms with van der Waals surface area (Å²) in [5, 5.41) is 5.08. The van der Waals surface area contributed by atoms with Crippen LogP contribution >= 0.6 is 0 Å². The van der Waals surface area contributed by atoms with Crippen LogP contribution in [0.15, 0.2) is 34.9 Å². The van der Waals surface area contributed by atoms with Crippen LogP contribution in [0.4, 0.5) is 0 Å². The molecule has 1 fully saturated rings. The smallest absolute Gasteiger partial charge is 0.299 e. The molecule has 0 atom stereocenters. The van der Waals surface area contributed by atoms with Gasteiger partial charge in [-0.05, 0) is 44.0 Å². The highest BCUT2D eigenvalue weighted by molar-refractivity contribution is 5.94. The quantitative estimate of drug-likeness (QED) is 0.784. The second-order valence-corrected chi connectivity index (χ2v) is 5.50. The molecule has 1 aromatic heterocycles. The molecule has 2 aromatic rings. The summed E-state index contributed by atoms with van der Waals surface area (Å²) in [6.45, 7) is 2.74. The summed E-state index contributed by atoms with van der Waals surface area (Å²) < 4.78 is 10.7. The van der Waals surface area contributed by atoms with Gasteiger partial charge in [-0.1, -0.05) is 5.16 Å². The van der Waals surface area contributed by atoms with Gasteiger partial charge in [0.25, 0.3) is 5.91 Å². The van der Waals surface area contributed by atoms with Gasteiger partial charge < -0.3 is 9.26 Å². The number of carbonyl (C=O) groups is 2. The molecule has 24 heavy (non-hydrogen) atoms. The Morgan fingerprint density at radius 2 is 2.04 bits per heavy atom. The maximum atomic E-state index is 12.2. The third-order valence-electron chi connectivity index (χ3n) is 3.65. The fourth-order valence-electron chi connectivity index (χ4n) is 2.31. The Balaban J connectivity index is 1.57. The maximum Gasteiger partial charge on any atom is 0.299 e. The first kappa shape index (κ1) is 16.2. The van der Waals surface area contributed by atoms with Crippen LogP contribution in [-0.2, 0) is 11.4 Å². The fourth-order valence-corrected chi connectivity index (χ4v) is 2.31. The van der Waals surface area contributed by atoms with E-state index < -0.39 is 0 Å². The molecule has 7 heteroatoms. The van der Waals surface area contributed by atoms with E-state index in [-0.39, 0.29) is 24.0 Å². The van der Waals surface area contributed by atoms with Crippen LogP contribution < -0.4 is 4.74 Å². The van der Waals surface area contributed by atoms with Crippen molar-refractivity contribution in [2.75, 3.05) is 13.2 Å². The van der Waals surface area contributed by atoms with Crippen LogP contribution in [-0.4, -0.2) is 35.1 Å². The standard InChI is InChI=1S/C17H18N2O5/c1-12(20)13-4-6-14(7-5-13)22-11-15-10-16(18-24-15)17(21)19-8-2-3-9-23-19/h4-7,10H,2-3,8-9,11H2,1H3. The Kier molecular flexibility index (Phi) is 4.90. The van der Waals surface area contributed by atoms with Gasteiger partial charge in [0, 0.05) is 18.2 Å². The Hall–Kier alpha value is -2.67. The Morgan fingerprint density at radius 1 is 1.25 bits per heavy atom. The number of hydrogen-bond acceptors (Lipinski definition) is 6. The predicted molar refractivity (Wildman–Crippen MR) is 83.5 cm³/mol. The molecule has 0 unspecified atom stereocenters. The molecule has 126 valence electrons. The first-order chi connectivity index (χ1) is 11.6. The third-order valence-corrected chi connectivity index (χ3v) is 3.65. The van der Waals surface area contributed by atoms with Crippen LogP contribution in [0.2, 0.25) is 0 Å². The van der Waals surface area contributed by atoms with Gasteiger partial charge in [-0.2, -0.15) is 0 Å². The Labute approximate surface area is 139 Å². The molecule has 1 aliphatic rings. The summed E-state index contributed by atoms with van der Waals surface area (Å²) in [6, 6.07) is 8.35. The number of Topliss-reactive ketones (excluding diaryl/α,β-unsaturated/α-hetero) is 1. The van der Waals surface area contributed by atoms with Crippen molar-refractivity contribution < 1.29 is 23.7 Å². The Morgan fingerprint density at radius 3 is 2.71 bits per heavy atom. The molecular weight excluding hydrogens is 312 g/mol. The van der Waals surface area contributed by atoms with E-state index in [9.17, 15) is 9.59 Å². The number of hydroxylamine groups is 2. The molecule has 3 rings (SSSR count).